The molecule has 0 fully saturated rings. The summed E-state index contributed by atoms with van der Waals surface area (Å²) in [5, 5.41) is 11.2. The van der Waals surface area contributed by atoms with Crippen molar-refractivity contribution in [3.8, 4) is 16.9 Å². The van der Waals surface area contributed by atoms with Crippen LogP contribution in [0.2, 0.25) is 5.02 Å². The number of halogens is 1. The Kier molecular flexibility index (Phi) is 2.65. The molecule has 0 radical (unpaired) electrons. The van der Waals surface area contributed by atoms with E-state index in [0.717, 1.165) is 16.5 Å². The monoisotopic (exact) mass is 255 g/mol. The predicted molar refractivity (Wildman–Crippen MR) is 73.9 cm³/mol. The number of pyridine rings is 1. The van der Waals surface area contributed by atoms with Crippen molar-refractivity contribution in [2.75, 3.05) is 0 Å². The summed E-state index contributed by atoms with van der Waals surface area (Å²) >= 11 is 6.23. The lowest BCUT2D eigenvalue weighted by atomic mass is 10.0. The Bertz CT molecular complexity index is 710. The first-order valence-electron chi connectivity index (χ1n) is 5.59. The van der Waals surface area contributed by atoms with Crippen LogP contribution >= 0.6 is 11.6 Å². The Morgan fingerprint density at radius 2 is 1.72 bits per heavy atom. The fourth-order valence-corrected chi connectivity index (χ4v) is 2.32. The highest BCUT2D eigenvalue weighted by atomic mass is 35.5. The zero-order valence-electron chi connectivity index (χ0n) is 9.47. The molecular formula is C15H10ClNO. The first kappa shape index (κ1) is 11.1. The molecule has 0 saturated carbocycles. The Labute approximate surface area is 109 Å². The zero-order chi connectivity index (χ0) is 12.5. The van der Waals surface area contributed by atoms with Gasteiger partial charge in [-0.15, -0.1) is 0 Å². The lowest BCUT2D eigenvalue weighted by molar-refractivity contribution is 0.480. The normalized spacial score (nSPS) is 10.7. The molecule has 88 valence electrons. The van der Waals surface area contributed by atoms with Crippen LogP contribution in [0.3, 0.4) is 0 Å². The maximum absolute atomic E-state index is 9.85. The first-order chi connectivity index (χ1) is 8.77. The van der Waals surface area contributed by atoms with E-state index in [1.807, 2.05) is 36.4 Å². The summed E-state index contributed by atoms with van der Waals surface area (Å²) in [7, 11) is 0. The number of benzene rings is 2. The van der Waals surface area contributed by atoms with E-state index in [9.17, 15) is 5.11 Å². The second-order valence-electron chi connectivity index (χ2n) is 4.01. The van der Waals surface area contributed by atoms with Crippen molar-refractivity contribution < 1.29 is 5.11 Å². The maximum atomic E-state index is 9.85. The van der Waals surface area contributed by atoms with Gasteiger partial charge in [-0.3, -0.25) is 4.98 Å². The average molecular weight is 256 g/mol. The molecular weight excluding hydrogens is 246 g/mol. The number of hydrogen-bond acceptors (Lipinski definition) is 2. The molecule has 0 amide bonds. The van der Waals surface area contributed by atoms with Crippen LogP contribution in [0, 0.1) is 0 Å². The van der Waals surface area contributed by atoms with E-state index in [1.165, 1.54) is 0 Å². The first-order valence-corrected chi connectivity index (χ1v) is 5.97. The minimum atomic E-state index is 0.146. The Morgan fingerprint density at radius 1 is 0.944 bits per heavy atom. The van der Waals surface area contributed by atoms with Gasteiger partial charge in [-0.25, -0.2) is 0 Å². The van der Waals surface area contributed by atoms with Crippen LogP contribution in [0.1, 0.15) is 0 Å². The van der Waals surface area contributed by atoms with E-state index in [4.69, 9.17) is 11.6 Å². The molecule has 0 saturated heterocycles. The van der Waals surface area contributed by atoms with Gasteiger partial charge in [0, 0.05) is 11.6 Å². The van der Waals surface area contributed by atoms with E-state index in [2.05, 4.69) is 4.98 Å². The van der Waals surface area contributed by atoms with Crippen LogP contribution in [0.15, 0.2) is 54.7 Å². The average Bonchev–Trinajstić information content (AvgIpc) is 2.43. The third-order valence-corrected chi connectivity index (χ3v) is 3.22. The second-order valence-corrected chi connectivity index (χ2v) is 4.42. The van der Waals surface area contributed by atoms with Crippen LogP contribution in [-0.2, 0) is 0 Å². The highest BCUT2D eigenvalue weighted by Gasteiger charge is 2.10. The highest BCUT2D eigenvalue weighted by Crippen LogP contribution is 2.36. The molecule has 0 atom stereocenters. The molecule has 0 bridgehead atoms. The molecule has 1 heterocycles. The number of nitrogens with zero attached hydrogens (tertiary/aromatic N) is 1. The SMILES string of the molecule is Oc1ccc(Cl)c2c(-c3ccccc3)ccnc12. The number of hydrogen-bond donors (Lipinski definition) is 1. The number of rotatable bonds is 1. The van der Waals surface area contributed by atoms with Crippen LogP contribution in [-0.4, -0.2) is 10.1 Å². The summed E-state index contributed by atoms with van der Waals surface area (Å²) in [6, 6.07) is 15.1. The van der Waals surface area contributed by atoms with Gasteiger partial charge in [-0.05, 0) is 29.3 Å². The fraction of sp³-hybridized carbons (Fsp3) is 0. The van der Waals surface area contributed by atoms with Gasteiger partial charge in [0.2, 0.25) is 0 Å². The van der Waals surface area contributed by atoms with E-state index < -0.39 is 0 Å². The molecule has 3 aromatic rings. The molecule has 18 heavy (non-hydrogen) atoms. The van der Waals surface area contributed by atoms with Crippen molar-refractivity contribution >= 4 is 22.5 Å². The second kappa shape index (κ2) is 4.31. The van der Waals surface area contributed by atoms with Crippen molar-refractivity contribution in [3.05, 3.63) is 59.8 Å². The standard InChI is InChI=1S/C15H10ClNO/c16-12-6-7-13(18)15-14(12)11(8-9-17-15)10-4-2-1-3-5-10/h1-9,18H. The van der Waals surface area contributed by atoms with E-state index in [0.29, 0.717) is 10.5 Å². The van der Waals surface area contributed by atoms with E-state index in [1.54, 1.807) is 18.3 Å². The molecule has 2 aromatic carbocycles. The highest BCUT2D eigenvalue weighted by molar-refractivity contribution is 6.36. The van der Waals surface area contributed by atoms with Crippen molar-refractivity contribution in [2.45, 2.75) is 0 Å². The Hall–Kier alpha value is -2.06. The van der Waals surface area contributed by atoms with Crippen molar-refractivity contribution in [1.29, 1.82) is 0 Å². The van der Waals surface area contributed by atoms with Gasteiger partial charge < -0.3 is 5.11 Å². The number of phenolic OH excluding ortho intramolecular Hbond substituents is 1. The van der Waals surface area contributed by atoms with Gasteiger partial charge in [0.1, 0.15) is 11.3 Å². The lowest BCUT2D eigenvalue weighted by Gasteiger charge is -2.08. The lowest BCUT2D eigenvalue weighted by Crippen LogP contribution is -1.86. The number of aromatic hydroxyl groups is 1. The largest absolute Gasteiger partial charge is 0.506 e. The van der Waals surface area contributed by atoms with Crippen LogP contribution in [0.4, 0.5) is 0 Å². The third kappa shape index (κ3) is 1.71. The number of fused-ring (bicyclic) bond motifs is 1. The molecule has 0 spiro atoms. The van der Waals surface area contributed by atoms with Gasteiger partial charge in [0.15, 0.2) is 0 Å². The van der Waals surface area contributed by atoms with E-state index in [-0.39, 0.29) is 5.75 Å². The Morgan fingerprint density at radius 3 is 2.50 bits per heavy atom. The van der Waals surface area contributed by atoms with E-state index >= 15 is 0 Å². The summed E-state index contributed by atoms with van der Waals surface area (Å²) in [4.78, 5) is 4.19. The summed E-state index contributed by atoms with van der Waals surface area (Å²) < 4.78 is 0. The van der Waals surface area contributed by atoms with Crippen LogP contribution in [0.5, 0.6) is 5.75 Å². The van der Waals surface area contributed by atoms with Gasteiger partial charge in [-0.2, -0.15) is 0 Å². The summed E-state index contributed by atoms with van der Waals surface area (Å²) in [5.41, 5.74) is 2.56. The Balaban J connectivity index is 2.41. The topological polar surface area (TPSA) is 33.1 Å². The molecule has 2 nitrogen and oxygen atoms in total. The summed E-state index contributed by atoms with van der Waals surface area (Å²) in [6.45, 7) is 0. The maximum Gasteiger partial charge on any atom is 0.141 e. The zero-order valence-corrected chi connectivity index (χ0v) is 10.2. The van der Waals surface area contributed by atoms with Crippen molar-refractivity contribution in [3.63, 3.8) is 0 Å². The van der Waals surface area contributed by atoms with Crippen molar-refractivity contribution in [2.24, 2.45) is 0 Å². The quantitative estimate of drug-likeness (QED) is 0.705. The van der Waals surface area contributed by atoms with Gasteiger partial charge in [-0.1, -0.05) is 41.9 Å². The number of phenols is 1. The molecule has 1 N–H and O–H groups in total. The molecule has 0 aliphatic carbocycles. The minimum absolute atomic E-state index is 0.146. The summed E-state index contributed by atoms with van der Waals surface area (Å²) in [5.74, 6) is 0.146. The fourth-order valence-electron chi connectivity index (χ4n) is 2.07. The molecule has 3 heteroatoms. The smallest absolute Gasteiger partial charge is 0.141 e. The summed E-state index contributed by atoms with van der Waals surface area (Å²) in [6.07, 6.45) is 1.68. The van der Waals surface area contributed by atoms with Gasteiger partial charge in [0.05, 0.1) is 5.02 Å². The molecule has 3 rings (SSSR count). The van der Waals surface area contributed by atoms with Crippen LogP contribution in [0.25, 0.3) is 22.0 Å². The number of aromatic nitrogens is 1. The third-order valence-electron chi connectivity index (χ3n) is 2.90. The van der Waals surface area contributed by atoms with Gasteiger partial charge >= 0.3 is 0 Å². The van der Waals surface area contributed by atoms with Gasteiger partial charge in [0.25, 0.3) is 0 Å². The molecule has 1 aromatic heterocycles. The van der Waals surface area contributed by atoms with Crippen molar-refractivity contribution in [1.82, 2.24) is 4.98 Å². The van der Waals surface area contributed by atoms with Crippen LogP contribution < -0.4 is 0 Å². The molecule has 0 aliphatic heterocycles. The molecule has 0 unspecified atom stereocenters. The minimum Gasteiger partial charge on any atom is -0.506 e. The predicted octanol–water partition coefficient (Wildman–Crippen LogP) is 4.26. The molecule has 0 aliphatic rings.